The molecule has 2 heterocycles. The molecule has 7 heteroatoms. The third-order valence-electron chi connectivity index (χ3n) is 5.77. The topological polar surface area (TPSA) is 73.8 Å². The van der Waals surface area contributed by atoms with Gasteiger partial charge in [-0.25, -0.2) is 5.43 Å². The van der Waals surface area contributed by atoms with Gasteiger partial charge >= 0.3 is 5.97 Å². The number of nitrogens with zero attached hydrogens (tertiary/aromatic N) is 1. The van der Waals surface area contributed by atoms with Crippen molar-refractivity contribution in [2.75, 3.05) is 31.2 Å². The number of rotatable bonds is 3. The number of nitrogens with one attached hydrogen (secondary N) is 2. The number of hydrogen-bond donors (Lipinski definition) is 3. The number of benzene rings is 1. The molecule has 6 nitrogen and oxygen atoms in total. The van der Waals surface area contributed by atoms with Crippen molar-refractivity contribution in [1.29, 1.82) is 0 Å². The minimum atomic E-state index is -0.797. The van der Waals surface area contributed by atoms with E-state index in [0.717, 1.165) is 39.1 Å². The molecule has 3 fully saturated rings. The molecule has 2 saturated heterocycles. The average Bonchev–Trinajstić information content (AvgIpc) is 3.05. The second-order valence-electron chi connectivity index (χ2n) is 7.16. The number of alkyl halides is 1. The van der Waals surface area contributed by atoms with E-state index >= 15 is 0 Å². The summed E-state index contributed by atoms with van der Waals surface area (Å²) >= 11 is 6.66. The van der Waals surface area contributed by atoms with Crippen molar-refractivity contribution in [1.82, 2.24) is 10.9 Å². The lowest BCUT2D eigenvalue weighted by atomic mass is 9.73. The Hall–Kier alpha value is -1.34. The predicted molar refractivity (Wildman–Crippen MR) is 96.1 cm³/mol. The van der Waals surface area contributed by atoms with Crippen LogP contribution in [0.5, 0.6) is 0 Å². The summed E-state index contributed by atoms with van der Waals surface area (Å²) in [6, 6.07) is 8.19. The van der Waals surface area contributed by atoms with Crippen molar-refractivity contribution in [2.45, 2.75) is 36.2 Å². The first-order valence-electron chi connectivity index (χ1n) is 8.94. The summed E-state index contributed by atoms with van der Waals surface area (Å²) in [6.45, 7) is 3.38. The second kappa shape index (κ2) is 7.11. The molecule has 0 radical (unpaired) electrons. The molecule has 0 spiro atoms. The molecule has 2 aliphatic heterocycles. The smallest absolute Gasteiger partial charge is 0.322 e. The van der Waals surface area contributed by atoms with Crippen molar-refractivity contribution in [3.05, 3.63) is 29.8 Å². The zero-order chi connectivity index (χ0) is 17.4. The first kappa shape index (κ1) is 17.1. The first-order valence-corrected chi connectivity index (χ1v) is 9.37. The standard InChI is InChI=1S/C18H24ClN3O3/c19-15-10-16-14(17(18(23)24)21-20-16)9-13(15)11-1-3-12(4-2-11)22-5-7-25-8-6-22/h1-4,13-17,20-21H,5-10H2,(H,23,24). The molecule has 0 bridgehead atoms. The number of morpholine rings is 1. The number of carbonyl (C=O) groups is 1. The molecule has 1 aliphatic carbocycles. The van der Waals surface area contributed by atoms with Crippen LogP contribution in [0.1, 0.15) is 24.3 Å². The molecule has 1 saturated carbocycles. The molecule has 0 amide bonds. The number of aliphatic carboxylic acids is 1. The van der Waals surface area contributed by atoms with Gasteiger partial charge in [0, 0.05) is 42.0 Å². The van der Waals surface area contributed by atoms with Gasteiger partial charge in [-0.1, -0.05) is 12.1 Å². The second-order valence-corrected chi connectivity index (χ2v) is 7.72. The maximum Gasteiger partial charge on any atom is 0.322 e. The highest BCUT2D eigenvalue weighted by Gasteiger charge is 2.46. The van der Waals surface area contributed by atoms with Gasteiger partial charge in [-0.15, -0.1) is 11.6 Å². The maximum atomic E-state index is 11.4. The Morgan fingerprint density at radius 2 is 1.88 bits per heavy atom. The van der Waals surface area contributed by atoms with Crippen molar-refractivity contribution < 1.29 is 14.6 Å². The van der Waals surface area contributed by atoms with Gasteiger partial charge in [-0.05, 0) is 30.5 Å². The summed E-state index contributed by atoms with van der Waals surface area (Å²) in [5.41, 5.74) is 8.44. The first-order chi connectivity index (χ1) is 12.1. The van der Waals surface area contributed by atoms with Gasteiger partial charge in [0.1, 0.15) is 6.04 Å². The van der Waals surface area contributed by atoms with Crippen LogP contribution >= 0.6 is 11.6 Å². The van der Waals surface area contributed by atoms with Crippen molar-refractivity contribution in [3.8, 4) is 0 Å². The van der Waals surface area contributed by atoms with E-state index in [4.69, 9.17) is 16.3 Å². The Morgan fingerprint density at radius 1 is 1.16 bits per heavy atom. The van der Waals surface area contributed by atoms with Crippen molar-refractivity contribution in [3.63, 3.8) is 0 Å². The van der Waals surface area contributed by atoms with E-state index in [1.54, 1.807) is 0 Å². The maximum absolute atomic E-state index is 11.4. The van der Waals surface area contributed by atoms with Gasteiger partial charge in [0.2, 0.25) is 0 Å². The number of carboxylic acid groups (broad SMARTS) is 1. The number of hydrogen-bond acceptors (Lipinski definition) is 5. The zero-order valence-corrected chi connectivity index (χ0v) is 14.8. The zero-order valence-electron chi connectivity index (χ0n) is 14.0. The monoisotopic (exact) mass is 365 g/mol. The fourth-order valence-corrected chi connectivity index (χ4v) is 4.81. The molecule has 3 aliphatic rings. The summed E-state index contributed by atoms with van der Waals surface area (Å²) < 4.78 is 5.40. The summed E-state index contributed by atoms with van der Waals surface area (Å²) in [5.74, 6) is -0.545. The fourth-order valence-electron chi connectivity index (χ4n) is 4.37. The summed E-state index contributed by atoms with van der Waals surface area (Å²) in [5, 5.41) is 9.42. The van der Waals surface area contributed by atoms with Crippen molar-refractivity contribution in [2.24, 2.45) is 5.92 Å². The van der Waals surface area contributed by atoms with Crippen LogP contribution in [0.25, 0.3) is 0 Å². The Balaban J connectivity index is 1.49. The molecular formula is C18H24ClN3O3. The average molecular weight is 366 g/mol. The van der Waals surface area contributed by atoms with E-state index < -0.39 is 12.0 Å². The summed E-state index contributed by atoms with van der Waals surface area (Å²) in [6.07, 6.45) is 1.56. The highest BCUT2D eigenvalue weighted by Crippen LogP contribution is 2.42. The highest BCUT2D eigenvalue weighted by molar-refractivity contribution is 6.21. The minimum absolute atomic E-state index is 0.0114. The largest absolute Gasteiger partial charge is 0.480 e. The number of halogens is 1. The Kier molecular flexibility index (Phi) is 4.86. The molecule has 3 N–H and O–H groups in total. The SMILES string of the molecule is O=C(O)C1NNC2CC(Cl)C(c3ccc(N4CCOCC4)cc3)CC21. The van der Waals surface area contributed by atoms with E-state index in [9.17, 15) is 9.90 Å². The van der Waals surface area contributed by atoms with E-state index in [2.05, 4.69) is 40.0 Å². The fraction of sp³-hybridized carbons (Fsp3) is 0.611. The van der Waals surface area contributed by atoms with E-state index in [1.807, 2.05) is 0 Å². The molecule has 5 atom stereocenters. The van der Waals surface area contributed by atoms with Crippen LogP contribution in [0.15, 0.2) is 24.3 Å². The Labute approximate surface area is 152 Å². The van der Waals surface area contributed by atoms with Gasteiger partial charge < -0.3 is 14.7 Å². The van der Waals surface area contributed by atoms with Crippen LogP contribution in [0, 0.1) is 5.92 Å². The third-order valence-corrected chi connectivity index (χ3v) is 6.26. The quantitative estimate of drug-likeness (QED) is 0.706. The lowest BCUT2D eigenvalue weighted by Gasteiger charge is -2.36. The molecule has 5 unspecified atom stereocenters. The number of carboxylic acids is 1. The van der Waals surface area contributed by atoms with Crippen LogP contribution < -0.4 is 15.8 Å². The van der Waals surface area contributed by atoms with Crippen LogP contribution in [0.4, 0.5) is 5.69 Å². The van der Waals surface area contributed by atoms with Crippen molar-refractivity contribution >= 4 is 23.3 Å². The number of ether oxygens (including phenoxy) is 1. The summed E-state index contributed by atoms with van der Waals surface area (Å²) in [4.78, 5) is 13.8. The van der Waals surface area contributed by atoms with Crippen LogP contribution in [-0.2, 0) is 9.53 Å². The van der Waals surface area contributed by atoms with Crippen LogP contribution in [-0.4, -0.2) is 54.8 Å². The van der Waals surface area contributed by atoms with E-state index in [-0.39, 0.29) is 23.3 Å². The van der Waals surface area contributed by atoms with Gasteiger partial charge in [0.05, 0.1) is 13.2 Å². The molecule has 1 aromatic carbocycles. The number of hydrazine groups is 1. The lowest BCUT2D eigenvalue weighted by molar-refractivity contribution is -0.140. The number of fused-ring (bicyclic) bond motifs is 1. The lowest BCUT2D eigenvalue weighted by Crippen LogP contribution is -2.41. The minimum Gasteiger partial charge on any atom is -0.480 e. The molecule has 25 heavy (non-hydrogen) atoms. The third kappa shape index (κ3) is 3.36. The van der Waals surface area contributed by atoms with Gasteiger partial charge in [0.15, 0.2) is 0 Å². The van der Waals surface area contributed by atoms with Crippen LogP contribution in [0.3, 0.4) is 0 Å². The molecule has 1 aromatic rings. The van der Waals surface area contributed by atoms with Gasteiger partial charge in [0.25, 0.3) is 0 Å². The van der Waals surface area contributed by atoms with Gasteiger partial charge in [-0.2, -0.15) is 0 Å². The molecular weight excluding hydrogens is 342 g/mol. The van der Waals surface area contributed by atoms with Crippen LogP contribution in [0.2, 0.25) is 0 Å². The predicted octanol–water partition coefficient (Wildman–Crippen LogP) is 1.55. The van der Waals surface area contributed by atoms with Gasteiger partial charge in [-0.3, -0.25) is 10.2 Å². The molecule has 136 valence electrons. The van der Waals surface area contributed by atoms with E-state index in [1.165, 1.54) is 11.3 Å². The number of anilines is 1. The Morgan fingerprint density at radius 3 is 2.56 bits per heavy atom. The van der Waals surface area contributed by atoms with E-state index in [0.29, 0.717) is 0 Å². The normalized spacial score (nSPS) is 35.4. The molecule has 0 aromatic heterocycles. The summed E-state index contributed by atoms with van der Waals surface area (Å²) in [7, 11) is 0. The highest BCUT2D eigenvalue weighted by atomic mass is 35.5. The Bertz CT molecular complexity index is 620. The molecule has 4 rings (SSSR count).